The molecule has 0 spiro atoms. The summed E-state index contributed by atoms with van der Waals surface area (Å²) >= 11 is 1.36. The zero-order valence-electron chi connectivity index (χ0n) is 28.8. The van der Waals surface area contributed by atoms with Crippen LogP contribution in [0.25, 0.3) is 65.3 Å². The molecule has 252 valence electrons. The molecule has 0 fully saturated rings. The van der Waals surface area contributed by atoms with Gasteiger partial charge < -0.3 is 0 Å². The second kappa shape index (κ2) is 18.9. The van der Waals surface area contributed by atoms with Gasteiger partial charge in [-0.2, -0.15) is 36.8 Å². The van der Waals surface area contributed by atoms with Gasteiger partial charge in [0.15, 0.2) is 0 Å². The molecule has 0 saturated heterocycles. The van der Waals surface area contributed by atoms with E-state index in [0.29, 0.717) is 0 Å². The van der Waals surface area contributed by atoms with E-state index in [1.807, 2.05) is 30.3 Å². The maximum absolute atomic E-state index is 3.72. The third-order valence-corrected chi connectivity index (χ3v) is 8.79. The molecule has 9 rings (SSSR count). The summed E-state index contributed by atoms with van der Waals surface area (Å²) in [7, 11) is 0. The van der Waals surface area contributed by atoms with Crippen molar-refractivity contribution in [3.05, 3.63) is 200 Å². The van der Waals surface area contributed by atoms with Gasteiger partial charge >= 0.3 is 30.2 Å². The van der Waals surface area contributed by atoms with Gasteiger partial charge in [-0.25, -0.2) is 0 Å². The summed E-state index contributed by atoms with van der Waals surface area (Å²) in [6, 6.07) is 62.4. The van der Waals surface area contributed by atoms with Gasteiger partial charge in [0.1, 0.15) is 0 Å². The molecule has 0 nitrogen and oxygen atoms in total. The zero-order chi connectivity index (χ0) is 34.2. The minimum atomic E-state index is 0. The molecule has 0 N–H and O–H groups in total. The molecule has 0 saturated carbocycles. The van der Waals surface area contributed by atoms with Gasteiger partial charge in [0.05, 0.1) is 0 Å². The van der Waals surface area contributed by atoms with Gasteiger partial charge in [0.25, 0.3) is 0 Å². The van der Waals surface area contributed by atoms with Crippen molar-refractivity contribution in [3.63, 3.8) is 0 Å². The maximum atomic E-state index is 3.72. The Balaban J connectivity index is 0.000000180. The molecule has 0 atom stereocenters. The van der Waals surface area contributed by atoms with Gasteiger partial charge in [0, 0.05) is 0 Å². The fraction of sp³-hybridized carbons (Fsp3) is 0.0426. The Labute approximate surface area is 331 Å². The first kappa shape index (κ1) is 39.6. The topological polar surface area (TPSA) is 0 Å². The van der Waals surface area contributed by atoms with Crippen LogP contribution in [0.3, 0.4) is 0 Å². The molecule has 9 aromatic rings. The Morgan fingerprint density at radius 3 is 1.14 bits per heavy atom. The van der Waals surface area contributed by atoms with Gasteiger partial charge in [-0.3, -0.25) is 0 Å². The molecule has 0 aliphatic heterocycles. The van der Waals surface area contributed by atoms with E-state index in [9.17, 15) is 0 Å². The van der Waals surface area contributed by atoms with E-state index in [1.54, 1.807) is 0 Å². The molecule has 0 unspecified atom stereocenters. The molecule has 0 aliphatic rings. The summed E-state index contributed by atoms with van der Waals surface area (Å²) in [5.74, 6) is 0. The number of aryl methyl sites for hydroxylation is 2. The minimum absolute atomic E-state index is 0. The number of halogens is 2. The van der Waals surface area contributed by atoms with Gasteiger partial charge in [-0.05, 0) is 32.7 Å². The van der Waals surface area contributed by atoms with Crippen LogP contribution in [-0.2, 0) is 23.3 Å². The van der Waals surface area contributed by atoms with E-state index >= 15 is 0 Å². The van der Waals surface area contributed by atoms with Crippen molar-refractivity contribution in [2.24, 2.45) is 0 Å². The molecule has 0 heterocycles. The van der Waals surface area contributed by atoms with Crippen LogP contribution < -0.4 is 0 Å². The van der Waals surface area contributed by atoms with Crippen molar-refractivity contribution >= 4 is 74.8 Å². The van der Waals surface area contributed by atoms with Crippen LogP contribution in [-0.4, -0.2) is 6.88 Å². The number of hydrogen-bond donors (Lipinski definition) is 0. The Bertz CT molecular complexity index is 2310. The molecular formula is C47H39Cl2SiZr-3. The summed E-state index contributed by atoms with van der Waals surface area (Å²) in [4.78, 5) is 0. The second-order valence-electron chi connectivity index (χ2n) is 12.2. The van der Waals surface area contributed by atoms with Crippen molar-refractivity contribution in [1.29, 1.82) is 0 Å². The molecule has 9 aromatic carbocycles. The van der Waals surface area contributed by atoms with Crippen LogP contribution in [0.5, 0.6) is 0 Å². The summed E-state index contributed by atoms with van der Waals surface area (Å²) in [5.41, 5.74) is 9.02. The van der Waals surface area contributed by atoms with Gasteiger partial charge in [-0.1, -0.05) is 128 Å². The second-order valence-corrected chi connectivity index (χ2v) is 12.2. The predicted octanol–water partition coefficient (Wildman–Crippen LogP) is 13.7. The molecule has 0 aliphatic carbocycles. The fourth-order valence-corrected chi connectivity index (χ4v) is 6.64. The number of fused-ring (bicyclic) bond motifs is 4. The Morgan fingerprint density at radius 2 is 0.745 bits per heavy atom. The number of benzene rings is 7. The molecular weight excluding hydrogens is 755 g/mol. The Hall–Kier alpha value is -4.17. The fourth-order valence-electron chi connectivity index (χ4n) is 6.64. The van der Waals surface area contributed by atoms with Crippen LogP contribution in [0.2, 0.25) is 0 Å². The molecule has 0 aromatic heterocycles. The quantitative estimate of drug-likeness (QED) is 0.121. The number of rotatable bonds is 2. The monoisotopic (exact) mass is 791 g/mol. The van der Waals surface area contributed by atoms with Crippen molar-refractivity contribution in [2.45, 2.75) is 13.8 Å². The van der Waals surface area contributed by atoms with Gasteiger partial charge in [-0.15, -0.1) is 106 Å². The summed E-state index contributed by atoms with van der Waals surface area (Å²) < 4.78 is 0. The molecule has 2 radical (unpaired) electrons. The average Bonchev–Trinajstić information content (AvgIpc) is 3.73. The predicted molar refractivity (Wildman–Crippen MR) is 226 cm³/mol. The third kappa shape index (κ3) is 9.20. The van der Waals surface area contributed by atoms with Crippen molar-refractivity contribution in [1.82, 2.24) is 0 Å². The SMILES string of the molecule is Cc1cc2c(-c3cccc4ccccc34)cccc2[cH-]1.Cc1cc2c(-c3cccc4ccccc34)cccc2[cH-]1.Cl.Cl.[CH2-]c1ccccc1.[Si]=[Zr]. The van der Waals surface area contributed by atoms with Crippen LogP contribution in [0.15, 0.2) is 176 Å². The summed E-state index contributed by atoms with van der Waals surface area (Å²) in [6.07, 6.45) is 0. The van der Waals surface area contributed by atoms with Crippen molar-refractivity contribution in [3.8, 4) is 22.3 Å². The molecule has 0 amide bonds. The van der Waals surface area contributed by atoms with Crippen molar-refractivity contribution in [2.75, 3.05) is 0 Å². The van der Waals surface area contributed by atoms with E-state index in [1.165, 1.54) is 99.8 Å². The Morgan fingerprint density at radius 1 is 0.412 bits per heavy atom. The van der Waals surface area contributed by atoms with E-state index in [4.69, 9.17) is 0 Å². The van der Waals surface area contributed by atoms with E-state index in [0.717, 1.165) is 5.56 Å². The van der Waals surface area contributed by atoms with Crippen LogP contribution in [0, 0.1) is 20.8 Å². The van der Waals surface area contributed by atoms with Gasteiger partial charge in [0.2, 0.25) is 0 Å². The first-order valence-electron chi connectivity index (χ1n) is 16.5. The number of hydrogen-bond acceptors (Lipinski definition) is 0. The summed E-state index contributed by atoms with van der Waals surface area (Å²) in [6.45, 7) is 11.1. The Kier molecular flexibility index (Phi) is 14.7. The molecule has 51 heavy (non-hydrogen) atoms. The van der Waals surface area contributed by atoms with Crippen LogP contribution in [0.1, 0.15) is 16.7 Å². The average molecular weight is 794 g/mol. The standard InChI is InChI=1S/2C20H15.C7H7.2ClH.Si.Zr/c2*1-14-12-16-8-5-11-19(20(16)13-14)18-10-4-7-15-6-2-3-9-17(15)18;1-7-5-3-2-4-6-7;;;;/h2*2-13H,1H3;2-6H,1H2;2*1H;;/q3*-1;;;;. The van der Waals surface area contributed by atoms with E-state index in [2.05, 4.69) is 173 Å². The first-order chi connectivity index (χ1) is 24.0. The van der Waals surface area contributed by atoms with E-state index < -0.39 is 0 Å². The molecule has 4 heteroatoms. The molecule has 0 bridgehead atoms. The van der Waals surface area contributed by atoms with Crippen LogP contribution in [0.4, 0.5) is 0 Å². The zero-order valence-corrected chi connectivity index (χ0v) is 33.9. The van der Waals surface area contributed by atoms with E-state index in [-0.39, 0.29) is 24.8 Å². The van der Waals surface area contributed by atoms with Crippen molar-refractivity contribution < 1.29 is 23.3 Å². The third-order valence-electron chi connectivity index (χ3n) is 8.79. The first-order valence-corrected chi connectivity index (χ1v) is 20.6. The van der Waals surface area contributed by atoms with Crippen LogP contribution >= 0.6 is 24.8 Å². The normalized spacial score (nSPS) is 10.1. The summed E-state index contributed by atoms with van der Waals surface area (Å²) in [5, 5.41) is 10.6.